The third kappa shape index (κ3) is 7.29. The van der Waals surface area contributed by atoms with E-state index in [-0.39, 0.29) is 17.9 Å². The maximum atomic E-state index is 7.01. The Balaban J connectivity index is 2.68. The predicted octanol–water partition coefficient (Wildman–Crippen LogP) is 4.08. The first-order chi connectivity index (χ1) is 11.6. The molecule has 1 rings (SSSR count). The van der Waals surface area contributed by atoms with Crippen molar-refractivity contribution in [2.24, 2.45) is 11.8 Å². The minimum absolute atomic E-state index is 0.00892. The summed E-state index contributed by atoms with van der Waals surface area (Å²) in [7, 11) is 2.84. The molecule has 0 aliphatic rings. The van der Waals surface area contributed by atoms with E-state index in [1.165, 1.54) is 7.09 Å². The molecule has 3 atom stereocenters. The van der Waals surface area contributed by atoms with E-state index in [4.69, 9.17) is 15.0 Å². The summed E-state index contributed by atoms with van der Waals surface area (Å²) in [4.78, 5) is 0. The first-order valence-corrected chi connectivity index (χ1v) is 8.45. The Morgan fingerprint density at radius 3 is 2.70 bits per heavy atom. The molecule has 0 aliphatic carbocycles. The van der Waals surface area contributed by atoms with E-state index in [0.717, 1.165) is 23.2 Å². The van der Waals surface area contributed by atoms with Crippen LogP contribution in [0.2, 0.25) is 0 Å². The minimum Gasteiger partial charge on any atom is -0.497 e. The molecule has 3 nitrogen and oxygen atoms in total. The lowest BCUT2D eigenvalue weighted by Crippen LogP contribution is -2.30. The Labute approximate surface area is 147 Å². The largest absolute Gasteiger partial charge is 0.497 e. The quantitative estimate of drug-likeness (QED) is 0.249. The molecule has 0 aliphatic heterocycles. The molecule has 0 amide bonds. The van der Waals surface area contributed by atoms with Crippen molar-refractivity contribution in [1.82, 2.24) is 0 Å². The Morgan fingerprint density at radius 1 is 1.35 bits per heavy atom. The molecule has 0 aromatic heterocycles. The van der Waals surface area contributed by atoms with Crippen molar-refractivity contribution in [3.8, 4) is 5.75 Å². The fourth-order valence-corrected chi connectivity index (χ4v) is 2.65. The van der Waals surface area contributed by atoms with Gasteiger partial charge in [0.05, 0.1) is 26.4 Å². The Morgan fingerprint density at radius 2 is 2.09 bits per heavy atom. The fraction of sp³-hybridized carbons (Fsp3) is 0.444. The van der Waals surface area contributed by atoms with Gasteiger partial charge in [-0.15, -0.1) is 0 Å². The highest BCUT2D eigenvalue weighted by Crippen LogP contribution is 2.22. The average molecular weight is 335 g/mol. The summed E-state index contributed by atoms with van der Waals surface area (Å²) in [6.07, 6.45) is 5.80. The van der Waals surface area contributed by atoms with Gasteiger partial charge in [-0.25, -0.2) is 0 Å². The molecule has 1 aromatic carbocycles. The first kappa shape index (κ1) is 18.2. The van der Waals surface area contributed by atoms with Crippen LogP contribution in [0.3, 0.4) is 0 Å². The highest BCUT2D eigenvalue weighted by atomic mass is 32.2. The number of ether oxygens (including phenoxy) is 2. The summed E-state index contributed by atoms with van der Waals surface area (Å²) >= 11 is 1.04. The second-order valence-electron chi connectivity index (χ2n) is 5.46. The Bertz CT molecular complexity index is 496. The normalized spacial score (nSPS) is 15.7. The number of hydrogen-bond acceptors (Lipinski definition) is 4. The van der Waals surface area contributed by atoms with E-state index >= 15 is 0 Å². The third-order valence-electron chi connectivity index (χ3n) is 3.63. The number of benzene rings is 1. The lowest BCUT2D eigenvalue weighted by molar-refractivity contribution is -0.0260. The zero-order chi connectivity index (χ0) is 17.8. The van der Waals surface area contributed by atoms with E-state index in [0.29, 0.717) is 13.2 Å². The molecule has 23 heavy (non-hydrogen) atoms. The molecular formula is C18H26BO3S. The van der Waals surface area contributed by atoms with Gasteiger partial charge in [0.1, 0.15) is 5.75 Å². The summed E-state index contributed by atoms with van der Waals surface area (Å²) in [5.41, 5.74) is 1.10. The molecule has 125 valence electrons. The number of allylic oxidation sites excluding steroid dienone is 2. The Kier molecular flexibility index (Phi) is 9.00. The van der Waals surface area contributed by atoms with E-state index in [1.807, 2.05) is 30.3 Å². The van der Waals surface area contributed by atoms with Crippen molar-refractivity contribution < 1.29 is 13.7 Å². The van der Waals surface area contributed by atoms with Gasteiger partial charge < -0.3 is 13.7 Å². The summed E-state index contributed by atoms with van der Waals surface area (Å²) in [5, 5.41) is 0. The van der Waals surface area contributed by atoms with Gasteiger partial charge in [-0.3, -0.25) is 0 Å². The van der Waals surface area contributed by atoms with Crippen molar-refractivity contribution in [2.75, 3.05) is 13.7 Å². The van der Waals surface area contributed by atoms with Crippen LogP contribution in [0.25, 0.3) is 0 Å². The molecule has 0 heterocycles. The molecule has 0 saturated carbocycles. The topological polar surface area (TPSA) is 27.7 Å². The fourth-order valence-electron chi connectivity index (χ4n) is 2.35. The predicted molar refractivity (Wildman–Crippen MR) is 99.9 cm³/mol. The molecule has 1 aromatic rings. The molecule has 5 heteroatoms. The zero-order valence-electron chi connectivity index (χ0n) is 15.1. The number of hydrogen-bond donors (Lipinski definition) is 0. The molecule has 0 bridgehead atoms. The first-order valence-electron chi connectivity index (χ1n) is 8.22. The van der Waals surface area contributed by atoms with Crippen LogP contribution in [0.1, 0.15) is 19.4 Å². The van der Waals surface area contributed by atoms with Crippen LogP contribution in [-0.2, 0) is 15.5 Å². The summed E-state index contributed by atoms with van der Waals surface area (Å²) in [6, 6.07) is 7.88. The van der Waals surface area contributed by atoms with Gasteiger partial charge in [-0.05, 0) is 19.0 Å². The highest BCUT2D eigenvalue weighted by molar-refractivity contribution is 8.15. The van der Waals surface area contributed by atoms with E-state index in [2.05, 4.69) is 26.5 Å². The van der Waals surface area contributed by atoms with E-state index < -0.39 is 0 Å². The minimum atomic E-state index is 0.00892. The van der Waals surface area contributed by atoms with Crippen molar-refractivity contribution >= 4 is 19.0 Å². The lowest BCUT2D eigenvalue weighted by Gasteiger charge is -2.28. The standard InChI is InChI=1S/C18H26BO3S/c1-5-6-7-14(2)18(15(3)12-22-23-19)21-13-16-8-10-17(20-4)11-9-16/h5-11,14-15,18-19H,1,12-13H2,2-4H3/b7-6-/i19T. The molecule has 1 radical (unpaired) electrons. The van der Waals surface area contributed by atoms with E-state index in [9.17, 15) is 0 Å². The van der Waals surface area contributed by atoms with Crippen LogP contribution in [0.5, 0.6) is 5.75 Å². The SMILES string of the molecule is [3H][B]SOCC(C)C(OCc1ccc(OC)cc1)C(C)/C=C\C=C. The van der Waals surface area contributed by atoms with Gasteiger partial charge in [0, 0.05) is 11.8 Å². The average Bonchev–Trinajstić information content (AvgIpc) is 2.60. The van der Waals surface area contributed by atoms with Crippen LogP contribution in [0.4, 0.5) is 0 Å². The van der Waals surface area contributed by atoms with Gasteiger partial charge in [0.25, 0.3) is 0 Å². The molecular weight excluding hydrogens is 307 g/mol. The van der Waals surface area contributed by atoms with Crippen molar-refractivity contribution in [3.63, 3.8) is 0 Å². The number of methoxy groups -OCH3 is 1. The highest BCUT2D eigenvalue weighted by Gasteiger charge is 2.23. The summed E-state index contributed by atoms with van der Waals surface area (Å²) in [6.45, 7) is 9.00. The van der Waals surface area contributed by atoms with Crippen molar-refractivity contribution in [2.45, 2.75) is 26.6 Å². The van der Waals surface area contributed by atoms with Gasteiger partial charge in [0.2, 0.25) is 7.09 Å². The lowest BCUT2D eigenvalue weighted by atomic mass is 9.93. The third-order valence-corrected chi connectivity index (χ3v) is 3.90. The molecule has 0 N–H and O–H groups in total. The van der Waals surface area contributed by atoms with Crippen LogP contribution < -0.4 is 4.74 Å². The monoisotopic (exact) mass is 335 g/mol. The van der Waals surface area contributed by atoms with Crippen LogP contribution in [-0.4, -0.2) is 28.2 Å². The van der Waals surface area contributed by atoms with Gasteiger partial charge >= 0.3 is 0 Å². The second-order valence-corrected chi connectivity index (χ2v) is 5.89. The summed E-state index contributed by atoms with van der Waals surface area (Å²) < 4.78 is 23.8. The van der Waals surface area contributed by atoms with Crippen molar-refractivity contribution in [1.29, 1.82) is 1.34 Å². The van der Waals surface area contributed by atoms with Gasteiger partial charge in [-0.1, -0.05) is 62.7 Å². The summed E-state index contributed by atoms with van der Waals surface area (Å²) in [5.74, 6) is 1.26. The molecule has 0 spiro atoms. The molecule has 0 saturated heterocycles. The van der Waals surface area contributed by atoms with Crippen LogP contribution >= 0.6 is 11.9 Å². The van der Waals surface area contributed by atoms with Gasteiger partial charge in [0.15, 0.2) is 0 Å². The van der Waals surface area contributed by atoms with Crippen LogP contribution in [0.15, 0.2) is 49.1 Å². The smallest absolute Gasteiger partial charge is 0.209 e. The molecule has 3 unspecified atom stereocenters. The van der Waals surface area contributed by atoms with E-state index in [1.54, 1.807) is 13.2 Å². The molecule has 0 fully saturated rings. The maximum absolute atomic E-state index is 7.01. The van der Waals surface area contributed by atoms with Crippen molar-refractivity contribution in [3.05, 3.63) is 54.6 Å². The van der Waals surface area contributed by atoms with Gasteiger partial charge in [-0.2, -0.15) is 0 Å². The maximum Gasteiger partial charge on any atom is 0.209 e. The number of rotatable bonds is 12. The second kappa shape index (κ2) is 11.4. The zero-order valence-corrected chi connectivity index (χ0v) is 14.9. The van der Waals surface area contributed by atoms with Crippen LogP contribution in [0, 0.1) is 11.8 Å². The Hall–Kier alpha value is -1.17.